The van der Waals surface area contributed by atoms with Crippen molar-refractivity contribution < 1.29 is 14.3 Å². The van der Waals surface area contributed by atoms with Crippen molar-refractivity contribution in [3.05, 3.63) is 41.7 Å². The van der Waals surface area contributed by atoms with E-state index in [1.165, 1.54) is 6.92 Å². The van der Waals surface area contributed by atoms with Crippen molar-refractivity contribution in [1.29, 1.82) is 0 Å². The van der Waals surface area contributed by atoms with Gasteiger partial charge < -0.3 is 9.30 Å². The maximum atomic E-state index is 12.3. The molecule has 6 heteroatoms. The second-order valence-corrected chi connectivity index (χ2v) is 5.82. The van der Waals surface area contributed by atoms with E-state index in [1.54, 1.807) is 24.3 Å². The summed E-state index contributed by atoms with van der Waals surface area (Å²) in [5.41, 5.74) is 1.32. The van der Waals surface area contributed by atoms with Gasteiger partial charge in [0.15, 0.2) is 0 Å². The lowest BCUT2D eigenvalue weighted by molar-refractivity contribution is -0.131. The van der Waals surface area contributed by atoms with E-state index >= 15 is 0 Å². The molecule has 1 heterocycles. The summed E-state index contributed by atoms with van der Waals surface area (Å²) in [6, 6.07) is 6.39. The van der Waals surface area contributed by atoms with Crippen LogP contribution >= 0.6 is 0 Å². The van der Waals surface area contributed by atoms with Crippen LogP contribution < -0.4 is 10.1 Å². The third-order valence-electron chi connectivity index (χ3n) is 3.06. The van der Waals surface area contributed by atoms with Crippen LogP contribution in [0.3, 0.4) is 0 Å². The predicted molar refractivity (Wildman–Crippen MR) is 122 cm³/mol. The van der Waals surface area contributed by atoms with Crippen molar-refractivity contribution in [3.63, 3.8) is 0 Å². The summed E-state index contributed by atoms with van der Waals surface area (Å²) in [4.78, 5) is 27.6. The maximum Gasteiger partial charge on any atom is 0.308 e. The molecule has 0 atom stereocenters. The number of imidazole rings is 1. The molecular weight excluding hydrogens is 366 g/mol. The lowest BCUT2D eigenvalue weighted by atomic mass is 10.2. The highest BCUT2D eigenvalue weighted by molar-refractivity contribution is 6.03. The molecule has 2 aromatic rings. The highest BCUT2D eigenvalue weighted by Gasteiger charge is 2.12. The Balaban J connectivity index is 0. The number of rotatable bonds is 5. The molecule has 0 fully saturated rings. The van der Waals surface area contributed by atoms with Gasteiger partial charge in [-0.3, -0.25) is 14.9 Å². The van der Waals surface area contributed by atoms with Gasteiger partial charge in [-0.1, -0.05) is 55.4 Å². The normalized spacial score (nSPS) is 9.07. The Morgan fingerprint density at radius 2 is 1.55 bits per heavy atom. The van der Waals surface area contributed by atoms with Crippen LogP contribution in [0.15, 0.2) is 30.5 Å². The molecule has 29 heavy (non-hydrogen) atoms. The monoisotopic (exact) mass is 405 g/mol. The Bertz CT molecular complexity index is 705. The summed E-state index contributed by atoms with van der Waals surface area (Å²) in [5, 5.41) is 2.82. The minimum absolute atomic E-state index is 0.255. The van der Waals surface area contributed by atoms with Gasteiger partial charge in [-0.2, -0.15) is 0 Å². The Labute approximate surface area is 176 Å². The number of esters is 1. The smallest absolute Gasteiger partial charge is 0.308 e. The summed E-state index contributed by atoms with van der Waals surface area (Å²) in [5.74, 6) is 0.738. The quantitative estimate of drug-likeness (QED) is 0.481. The number of aryl methyl sites for hydroxylation is 1. The molecule has 1 aromatic heterocycles. The molecular formula is C23H39N3O3. The number of anilines is 1. The molecule has 0 spiro atoms. The van der Waals surface area contributed by atoms with E-state index in [0.29, 0.717) is 23.2 Å². The first-order valence-corrected chi connectivity index (χ1v) is 10.5. The van der Waals surface area contributed by atoms with Crippen LogP contribution in [-0.4, -0.2) is 21.4 Å². The molecule has 0 saturated heterocycles. The molecule has 2 rings (SSSR count). The fourth-order valence-electron chi connectivity index (χ4n) is 2.19. The Kier molecular flexibility index (Phi) is 16.1. The van der Waals surface area contributed by atoms with Gasteiger partial charge >= 0.3 is 5.97 Å². The molecule has 1 aromatic carbocycles. The van der Waals surface area contributed by atoms with Gasteiger partial charge in [-0.15, -0.1) is 0 Å². The van der Waals surface area contributed by atoms with Crippen LogP contribution in [0.2, 0.25) is 0 Å². The van der Waals surface area contributed by atoms with Crippen LogP contribution in [0, 0.1) is 12.8 Å². The largest absolute Gasteiger partial charge is 0.427 e. The van der Waals surface area contributed by atoms with Gasteiger partial charge in [0.2, 0.25) is 5.95 Å². The number of nitrogens with zero attached hydrogens (tertiary/aromatic N) is 2. The van der Waals surface area contributed by atoms with E-state index in [2.05, 4.69) is 24.1 Å². The fourth-order valence-corrected chi connectivity index (χ4v) is 2.19. The predicted octanol–water partition coefficient (Wildman–Crippen LogP) is 6.10. The van der Waals surface area contributed by atoms with Gasteiger partial charge in [0.1, 0.15) is 5.75 Å². The van der Waals surface area contributed by atoms with Crippen LogP contribution in [-0.2, 0) is 11.3 Å². The third kappa shape index (κ3) is 11.1. The number of ether oxygens (including phenoxy) is 1. The Morgan fingerprint density at radius 1 is 1.03 bits per heavy atom. The van der Waals surface area contributed by atoms with Gasteiger partial charge in [0.05, 0.1) is 5.69 Å². The van der Waals surface area contributed by atoms with Crippen molar-refractivity contribution in [2.45, 2.75) is 75.8 Å². The SMILES string of the molecule is CC.CC.CC.CC(=O)Oc1ccc(C(=O)Nc2nc(C)cn2CC(C)C)cc1. The van der Waals surface area contributed by atoms with Crippen LogP contribution in [0.4, 0.5) is 5.95 Å². The molecule has 0 aliphatic rings. The third-order valence-corrected chi connectivity index (χ3v) is 3.06. The van der Waals surface area contributed by atoms with Gasteiger partial charge in [-0.05, 0) is 37.1 Å². The number of amides is 1. The van der Waals surface area contributed by atoms with Crippen molar-refractivity contribution >= 4 is 17.8 Å². The van der Waals surface area contributed by atoms with Crippen LogP contribution in [0.5, 0.6) is 5.75 Å². The van der Waals surface area contributed by atoms with Gasteiger partial charge in [-0.25, -0.2) is 4.98 Å². The highest BCUT2D eigenvalue weighted by atomic mass is 16.5. The molecule has 164 valence electrons. The molecule has 6 nitrogen and oxygen atoms in total. The van der Waals surface area contributed by atoms with E-state index in [0.717, 1.165) is 12.2 Å². The number of carbonyl (C=O) groups excluding carboxylic acids is 2. The molecule has 0 unspecified atom stereocenters. The van der Waals surface area contributed by atoms with Crippen LogP contribution in [0.1, 0.15) is 78.4 Å². The lowest BCUT2D eigenvalue weighted by Crippen LogP contribution is -2.17. The number of hydrogen-bond acceptors (Lipinski definition) is 4. The molecule has 1 amide bonds. The molecule has 0 aliphatic carbocycles. The maximum absolute atomic E-state index is 12.3. The summed E-state index contributed by atoms with van der Waals surface area (Å²) in [6.45, 7) is 20.2. The number of carbonyl (C=O) groups is 2. The summed E-state index contributed by atoms with van der Waals surface area (Å²) in [7, 11) is 0. The van der Waals surface area contributed by atoms with E-state index < -0.39 is 5.97 Å². The van der Waals surface area contributed by atoms with Crippen molar-refractivity contribution in [2.75, 3.05) is 5.32 Å². The molecule has 1 N–H and O–H groups in total. The molecule has 0 bridgehead atoms. The fraction of sp³-hybridized carbons (Fsp3) is 0.522. The highest BCUT2D eigenvalue weighted by Crippen LogP contribution is 2.15. The van der Waals surface area contributed by atoms with Crippen LogP contribution in [0.25, 0.3) is 0 Å². The standard InChI is InChI=1S/C17H21N3O3.3C2H6/c1-11(2)9-20-10-12(3)18-17(20)19-16(22)14-5-7-15(8-6-14)23-13(4)21;3*1-2/h5-8,10-11H,9H2,1-4H3,(H,18,19,22);3*1-2H3. The van der Waals surface area contributed by atoms with E-state index in [9.17, 15) is 9.59 Å². The van der Waals surface area contributed by atoms with Gasteiger partial charge in [0.25, 0.3) is 5.91 Å². The zero-order chi connectivity index (χ0) is 23.0. The lowest BCUT2D eigenvalue weighted by Gasteiger charge is -2.11. The summed E-state index contributed by atoms with van der Waals surface area (Å²) >= 11 is 0. The van der Waals surface area contributed by atoms with Crippen molar-refractivity contribution in [2.24, 2.45) is 5.92 Å². The topological polar surface area (TPSA) is 73.2 Å². The van der Waals surface area contributed by atoms with E-state index in [-0.39, 0.29) is 5.91 Å². The second kappa shape index (κ2) is 16.3. The summed E-state index contributed by atoms with van der Waals surface area (Å²) < 4.78 is 6.88. The zero-order valence-corrected chi connectivity index (χ0v) is 19.8. The number of aromatic nitrogens is 2. The van der Waals surface area contributed by atoms with E-state index in [1.807, 2.05) is 59.2 Å². The second-order valence-electron chi connectivity index (χ2n) is 5.82. The average molecular weight is 406 g/mol. The van der Waals surface area contributed by atoms with Gasteiger partial charge in [0, 0.05) is 25.2 Å². The average Bonchev–Trinajstić information content (AvgIpc) is 3.04. The number of hydrogen-bond donors (Lipinski definition) is 1. The molecule has 0 saturated carbocycles. The van der Waals surface area contributed by atoms with Crippen molar-refractivity contribution in [3.8, 4) is 5.75 Å². The molecule has 0 radical (unpaired) electrons. The van der Waals surface area contributed by atoms with Crippen molar-refractivity contribution in [1.82, 2.24) is 9.55 Å². The van der Waals surface area contributed by atoms with E-state index in [4.69, 9.17) is 4.74 Å². The Hall–Kier alpha value is -2.63. The summed E-state index contributed by atoms with van der Waals surface area (Å²) in [6.07, 6.45) is 1.92. The number of benzene rings is 1. The number of nitrogens with one attached hydrogen (secondary N) is 1. The molecule has 0 aliphatic heterocycles. The zero-order valence-electron chi connectivity index (χ0n) is 19.8. The first-order valence-electron chi connectivity index (χ1n) is 10.5. The first-order chi connectivity index (χ1) is 13.8. The minimum Gasteiger partial charge on any atom is -0.427 e. The Morgan fingerprint density at radius 3 is 2.00 bits per heavy atom. The first kappa shape index (κ1) is 28.6. The minimum atomic E-state index is -0.395.